The number of alkyl halides is 3. The summed E-state index contributed by atoms with van der Waals surface area (Å²) in [5.41, 5.74) is 1.09. The van der Waals surface area contributed by atoms with Gasteiger partial charge in [-0.1, -0.05) is 18.2 Å². The van der Waals surface area contributed by atoms with Gasteiger partial charge in [0.1, 0.15) is 6.54 Å². The second kappa shape index (κ2) is 8.17. The van der Waals surface area contributed by atoms with Crippen LogP contribution in [0.3, 0.4) is 0 Å². The van der Waals surface area contributed by atoms with Crippen molar-refractivity contribution in [2.45, 2.75) is 20.0 Å². The van der Waals surface area contributed by atoms with Crippen LogP contribution >= 0.6 is 0 Å². The minimum absolute atomic E-state index is 0.0892. The number of piperazine rings is 1. The SMILES string of the molecule is Cc1cc(C)cc(N2CCN(CC(=O)Nc3ccccc3C(F)(F)F)C(=O)C2=O)c1. The lowest BCUT2D eigenvalue weighted by Crippen LogP contribution is -2.56. The molecule has 0 bridgehead atoms. The highest BCUT2D eigenvalue weighted by Crippen LogP contribution is 2.34. The van der Waals surface area contributed by atoms with Crippen molar-refractivity contribution in [2.75, 3.05) is 29.9 Å². The summed E-state index contributed by atoms with van der Waals surface area (Å²) in [6.45, 7) is 3.51. The minimum atomic E-state index is -4.63. The lowest BCUT2D eigenvalue weighted by molar-refractivity contribution is -0.147. The van der Waals surface area contributed by atoms with Gasteiger partial charge in [0.2, 0.25) is 5.91 Å². The Morgan fingerprint density at radius 1 is 1.00 bits per heavy atom. The van der Waals surface area contributed by atoms with Crippen LogP contribution in [0.2, 0.25) is 0 Å². The van der Waals surface area contributed by atoms with Crippen LogP contribution in [-0.4, -0.2) is 42.3 Å². The van der Waals surface area contributed by atoms with Crippen molar-refractivity contribution in [3.63, 3.8) is 0 Å². The van der Waals surface area contributed by atoms with Crippen LogP contribution in [0.15, 0.2) is 42.5 Å². The standard InChI is InChI=1S/C21H20F3N3O3/c1-13-9-14(2)11-15(10-13)27-8-7-26(19(29)20(27)30)12-18(28)25-17-6-4-3-5-16(17)21(22,23)24/h3-6,9-11H,7-8,12H2,1-2H3,(H,25,28). The molecule has 1 heterocycles. The van der Waals surface area contributed by atoms with E-state index in [1.54, 1.807) is 12.1 Å². The van der Waals surface area contributed by atoms with E-state index in [4.69, 9.17) is 0 Å². The summed E-state index contributed by atoms with van der Waals surface area (Å²) in [5, 5.41) is 2.18. The van der Waals surface area contributed by atoms with Gasteiger partial charge >= 0.3 is 18.0 Å². The first-order valence-corrected chi connectivity index (χ1v) is 9.21. The predicted octanol–water partition coefficient (Wildman–Crippen LogP) is 3.14. The number of halogens is 3. The van der Waals surface area contributed by atoms with E-state index in [0.717, 1.165) is 28.2 Å². The highest BCUT2D eigenvalue weighted by Gasteiger charge is 2.36. The van der Waals surface area contributed by atoms with E-state index in [9.17, 15) is 27.6 Å². The van der Waals surface area contributed by atoms with Gasteiger partial charge in [0.05, 0.1) is 11.3 Å². The second-order valence-electron chi connectivity index (χ2n) is 7.12. The Bertz CT molecular complexity index is 984. The zero-order chi connectivity index (χ0) is 22.1. The molecule has 2 aromatic carbocycles. The van der Waals surface area contributed by atoms with Gasteiger partial charge in [-0.05, 0) is 49.2 Å². The zero-order valence-corrected chi connectivity index (χ0v) is 16.4. The maximum Gasteiger partial charge on any atom is 0.418 e. The van der Waals surface area contributed by atoms with Crippen LogP contribution in [0, 0.1) is 13.8 Å². The van der Waals surface area contributed by atoms with Gasteiger partial charge < -0.3 is 15.1 Å². The molecule has 0 radical (unpaired) electrons. The van der Waals surface area contributed by atoms with E-state index in [-0.39, 0.29) is 13.1 Å². The number of amides is 3. The molecule has 1 fully saturated rings. The Morgan fingerprint density at radius 3 is 2.27 bits per heavy atom. The monoisotopic (exact) mass is 419 g/mol. The number of aryl methyl sites for hydroxylation is 2. The van der Waals surface area contributed by atoms with Gasteiger partial charge in [-0.3, -0.25) is 14.4 Å². The number of carbonyl (C=O) groups excluding carboxylic acids is 3. The van der Waals surface area contributed by atoms with Crippen molar-refractivity contribution in [1.29, 1.82) is 0 Å². The number of nitrogens with zero attached hydrogens (tertiary/aromatic N) is 2. The third-order valence-corrected chi connectivity index (χ3v) is 4.67. The Labute approximate surface area is 171 Å². The summed E-state index contributed by atoms with van der Waals surface area (Å²) in [6.07, 6.45) is -4.63. The summed E-state index contributed by atoms with van der Waals surface area (Å²) >= 11 is 0. The number of hydrogen-bond donors (Lipinski definition) is 1. The molecule has 0 spiro atoms. The molecule has 0 unspecified atom stereocenters. The van der Waals surface area contributed by atoms with Crippen LogP contribution in [0.25, 0.3) is 0 Å². The molecule has 9 heteroatoms. The number of para-hydroxylation sites is 1. The average Bonchev–Trinajstić information content (AvgIpc) is 2.64. The number of nitrogens with one attached hydrogen (secondary N) is 1. The van der Waals surface area contributed by atoms with Crippen molar-refractivity contribution in [1.82, 2.24) is 4.90 Å². The van der Waals surface area contributed by atoms with E-state index in [1.165, 1.54) is 17.0 Å². The third kappa shape index (κ3) is 4.61. The Balaban J connectivity index is 1.69. The quantitative estimate of drug-likeness (QED) is 0.775. The van der Waals surface area contributed by atoms with Gasteiger partial charge in [0, 0.05) is 18.8 Å². The second-order valence-corrected chi connectivity index (χ2v) is 7.12. The number of carbonyl (C=O) groups is 3. The normalized spacial score (nSPS) is 14.8. The van der Waals surface area contributed by atoms with E-state index in [2.05, 4.69) is 5.32 Å². The molecule has 1 aliphatic rings. The molecule has 1 aliphatic heterocycles. The van der Waals surface area contributed by atoms with Gasteiger partial charge in [0.25, 0.3) is 0 Å². The summed E-state index contributed by atoms with van der Waals surface area (Å²) in [5.74, 6) is -2.47. The first kappa shape index (κ1) is 21.4. The van der Waals surface area contributed by atoms with E-state index < -0.39 is 41.7 Å². The Morgan fingerprint density at radius 2 is 1.63 bits per heavy atom. The van der Waals surface area contributed by atoms with Crippen LogP contribution in [0.4, 0.5) is 24.5 Å². The third-order valence-electron chi connectivity index (χ3n) is 4.67. The van der Waals surface area contributed by atoms with Gasteiger partial charge in [-0.2, -0.15) is 13.2 Å². The van der Waals surface area contributed by atoms with Gasteiger partial charge in [0.15, 0.2) is 0 Å². The molecule has 6 nitrogen and oxygen atoms in total. The molecule has 3 rings (SSSR count). The fourth-order valence-corrected chi connectivity index (χ4v) is 3.38. The predicted molar refractivity (Wildman–Crippen MR) is 105 cm³/mol. The largest absolute Gasteiger partial charge is 0.418 e. The van der Waals surface area contributed by atoms with Crippen molar-refractivity contribution in [3.8, 4) is 0 Å². The van der Waals surface area contributed by atoms with Crippen LogP contribution in [0.5, 0.6) is 0 Å². The highest BCUT2D eigenvalue weighted by molar-refractivity contribution is 6.41. The highest BCUT2D eigenvalue weighted by atomic mass is 19.4. The van der Waals surface area contributed by atoms with E-state index >= 15 is 0 Å². The van der Waals surface area contributed by atoms with Crippen LogP contribution < -0.4 is 10.2 Å². The van der Waals surface area contributed by atoms with E-state index in [1.807, 2.05) is 19.9 Å². The van der Waals surface area contributed by atoms with Crippen molar-refractivity contribution < 1.29 is 27.6 Å². The first-order valence-electron chi connectivity index (χ1n) is 9.21. The maximum atomic E-state index is 13.1. The zero-order valence-electron chi connectivity index (χ0n) is 16.4. The number of rotatable bonds is 4. The summed E-state index contributed by atoms with van der Waals surface area (Å²) in [4.78, 5) is 39.6. The lowest BCUT2D eigenvalue weighted by atomic mass is 10.1. The molecule has 3 amide bonds. The average molecular weight is 419 g/mol. The van der Waals surface area contributed by atoms with Crippen LogP contribution in [-0.2, 0) is 20.6 Å². The summed E-state index contributed by atoms with van der Waals surface area (Å²) < 4.78 is 39.2. The van der Waals surface area contributed by atoms with Crippen molar-refractivity contribution in [2.24, 2.45) is 0 Å². The van der Waals surface area contributed by atoms with E-state index in [0.29, 0.717) is 5.69 Å². The number of anilines is 2. The molecule has 0 saturated carbocycles. The topological polar surface area (TPSA) is 69.7 Å². The summed E-state index contributed by atoms with van der Waals surface area (Å²) in [6, 6.07) is 10.1. The number of benzene rings is 2. The minimum Gasteiger partial charge on any atom is -0.324 e. The van der Waals surface area contributed by atoms with Gasteiger partial charge in [-0.15, -0.1) is 0 Å². The van der Waals surface area contributed by atoms with Crippen LogP contribution in [0.1, 0.15) is 16.7 Å². The molecule has 0 aliphatic carbocycles. The number of hydrogen-bond acceptors (Lipinski definition) is 3. The molecule has 158 valence electrons. The Kier molecular flexibility index (Phi) is 5.82. The molecule has 1 saturated heterocycles. The maximum absolute atomic E-state index is 13.1. The molecule has 0 atom stereocenters. The van der Waals surface area contributed by atoms with Crippen molar-refractivity contribution >= 4 is 29.1 Å². The molecular formula is C21H20F3N3O3. The smallest absolute Gasteiger partial charge is 0.324 e. The molecule has 1 N–H and O–H groups in total. The van der Waals surface area contributed by atoms with Crippen molar-refractivity contribution in [3.05, 3.63) is 59.2 Å². The molecule has 0 aromatic heterocycles. The Hall–Kier alpha value is -3.36. The van der Waals surface area contributed by atoms with Gasteiger partial charge in [-0.25, -0.2) is 0 Å². The fourth-order valence-electron chi connectivity index (χ4n) is 3.38. The molecule has 30 heavy (non-hydrogen) atoms. The molecular weight excluding hydrogens is 399 g/mol. The summed E-state index contributed by atoms with van der Waals surface area (Å²) in [7, 11) is 0. The lowest BCUT2D eigenvalue weighted by Gasteiger charge is -2.33. The molecule has 2 aromatic rings. The fraction of sp³-hybridized carbons (Fsp3) is 0.286. The first-order chi connectivity index (χ1) is 14.1.